The van der Waals surface area contributed by atoms with E-state index >= 15 is 0 Å². The van der Waals surface area contributed by atoms with Crippen LogP contribution in [0.5, 0.6) is 0 Å². The van der Waals surface area contributed by atoms with Gasteiger partial charge in [-0.25, -0.2) is 4.79 Å². The first kappa shape index (κ1) is 23.1. The van der Waals surface area contributed by atoms with Crippen LogP contribution in [0.1, 0.15) is 61.1 Å². The fraction of sp³-hybridized carbons (Fsp3) is 0.440. The summed E-state index contributed by atoms with van der Waals surface area (Å²) in [7, 11) is 0. The van der Waals surface area contributed by atoms with Crippen LogP contribution in [0.25, 0.3) is 0 Å². The van der Waals surface area contributed by atoms with Gasteiger partial charge >= 0.3 is 5.97 Å². The summed E-state index contributed by atoms with van der Waals surface area (Å²) in [6.45, 7) is 10.7. The Kier molecular flexibility index (Phi) is 7.91. The first-order valence-corrected chi connectivity index (χ1v) is 11.5. The van der Waals surface area contributed by atoms with Crippen LogP contribution in [0.3, 0.4) is 0 Å². The zero-order valence-corrected chi connectivity index (χ0v) is 19.7. The zero-order chi connectivity index (χ0) is 22.4. The van der Waals surface area contributed by atoms with Gasteiger partial charge in [0, 0.05) is 24.5 Å². The van der Waals surface area contributed by atoms with E-state index in [-0.39, 0.29) is 12.0 Å². The van der Waals surface area contributed by atoms with E-state index in [1.165, 1.54) is 24.1 Å². The van der Waals surface area contributed by atoms with Crippen LogP contribution in [0.4, 0.5) is 11.4 Å². The van der Waals surface area contributed by atoms with Crippen LogP contribution in [-0.4, -0.2) is 30.8 Å². The van der Waals surface area contributed by atoms with Crippen molar-refractivity contribution >= 4 is 34.7 Å². The molecule has 6 heteroatoms. The van der Waals surface area contributed by atoms with Crippen molar-refractivity contribution in [1.29, 1.82) is 0 Å². The maximum atomic E-state index is 12.1. The second kappa shape index (κ2) is 10.6. The SMILES string of the molecule is CCOC(=O)c1cccc(NC(=S)N[C@H](C)c2ccc(N3CCC[C@H](C)C3)cc2)c1C. The number of rotatable bonds is 6. The van der Waals surface area contributed by atoms with Gasteiger partial charge in [0.15, 0.2) is 5.11 Å². The van der Waals surface area contributed by atoms with E-state index in [4.69, 9.17) is 17.0 Å². The Morgan fingerprint density at radius 3 is 2.68 bits per heavy atom. The highest BCUT2D eigenvalue weighted by Gasteiger charge is 2.17. The predicted molar refractivity (Wildman–Crippen MR) is 132 cm³/mol. The summed E-state index contributed by atoms with van der Waals surface area (Å²) in [6, 6.07) is 14.3. The molecule has 2 aromatic carbocycles. The monoisotopic (exact) mass is 439 g/mol. The Hall–Kier alpha value is -2.60. The molecule has 2 N–H and O–H groups in total. The van der Waals surface area contributed by atoms with E-state index in [0.29, 0.717) is 17.3 Å². The summed E-state index contributed by atoms with van der Waals surface area (Å²) >= 11 is 5.53. The second-order valence-corrected chi connectivity index (χ2v) is 8.71. The molecule has 1 heterocycles. The van der Waals surface area contributed by atoms with Gasteiger partial charge in [-0.15, -0.1) is 0 Å². The minimum atomic E-state index is -0.320. The molecule has 0 spiro atoms. The van der Waals surface area contributed by atoms with Gasteiger partial charge < -0.3 is 20.3 Å². The molecule has 0 amide bonds. The van der Waals surface area contributed by atoms with Gasteiger partial charge in [0.1, 0.15) is 0 Å². The number of hydrogen-bond donors (Lipinski definition) is 2. The van der Waals surface area contributed by atoms with E-state index in [1.807, 2.05) is 19.1 Å². The number of ether oxygens (including phenoxy) is 1. The number of thiocarbonyl (C=S) groups is 1. The lowest BCUT2D eigenvalue weighted by atomic mass is 9.99. The Labute approximate surface area is 191 Å². The van der Waals surface area contributed by atoms with Crippen LogP contribution in [0.2, 0.25) is 0 Å². The van der Waals surface area contributed by atoms with Crippen molar-refractivity contribution in [1.82, 2.24) is 5.32 Å². The molecule has 0 bridgehead atoms. The molecule has 0 saturated carbocycles. The highest BCUT2D eigenvalue weighted by molar-refractivity contribution is 7.80. The van der Waals surface area contributed by atoms with Crippen LogP contribution in [-0.2, 0) is 4.74 Å². The Balaban J connectivity index is 1.61. The van der Waals surface area contributed by atoms with E-state index in [1.54, 1.807) is 13.0 Å². The number of nitrogens with one attached hydrogen (secondary N) is 2. The Bertz CT molecular complexity index is 913. The number of carbonyl (C=O) groups excluding carboxylic acids is 1. The predicted octanol–water partition coefficient (Wildman–Crippen LogP) is 5.46. The van der Waals surface area contributed by atoms with Crippen molar-refractivity contribution < 1.29 is 9.53 Å². The number of piperidine rings is 1. The normalized spacial score (nSPS) is 17.0. The number of esters is 1. The minimum absolute atomic E-state index is 0.0582. The lowest BCUT2D eigenvalue weighted by Crippen LogP contribution is -2.34. The lowest BCUT2D eigenvalue weighted by Gasteiger charge is -2.33. The van der Waals surface area contributed by atoms with Gasteiger partial charge in [0.05, 0.1) is 18.2 Å². The summed E-state index contributed by atoms with van der Waals surface area (Å²) < 4.78 is 5.13. The molecule has 2 aromatic rings. The van der Waals surface area contributed by atoms with E-state index in [9.17, 15) is 4.79 Å². The maximum Gasteiger partial charge on any atom is 0.338 e. The molecule has 1 aliphatic rings. The fourth-order valence-electron chi connectivity index (χ4n) is 4.04. The summed E-state index contributed by atoms with van der Waals surface area (Å²) in [4.78, 5) is 14.6. The molecule has 3 rings (SSSR count). The van der Waals surface area contributed by atoms with Crippen LogP contribution < -0.4 is 15.5 Å². The Morgan fingerprint density at radius 2 is 2.00 bits per heavy atom. The zero-order valence-electron chi connectivity index (χ0n) is 18.9. The van der Waals surface area contributed by atoms with Crippen molar-refractivity contribution in [3.8, 4) is 0 Å². The third-order valence-electron chi connectivity index (χ3n) is 5.84. The molecule has 0 aliphatic carbocycles. The minimum Gasteiger partial charge on any atom is -0.462 e. The third kappa shape index (κ3) is 5.97. The first-order valence-electron chi connectivity index (χ1n) is 11.1. The lowest BCUT2D eigenvalue weighted by molar-refractivity contribution is 0.0525. The van der Waals surface area contributed by atoms with Crippen LogP contribution in [0.15, 0.2) is 42.5 Å². The van der Waals surface area contributed by atoms with Crippen molar-refractivity contribution in [3.05, 3.63) is 59.2 Å². The van der Waals surface area contributed by atoms with Gasteiger partial charge in [-0.3, -0.25) is 0 Å². The molecular weight excluding hydrogens is 406 g/mol. The number of anilines is 2. The number of hydrogen-bond acceptors (Lipinski definition) is 4. The van der Waals surface area contributed by atoms with Crippen molar-refractivity contribution in [2.45, 2.75) is 46.6 Å². The molecule has 0 aromatic heterocycles. The quantitative estimate of drug-likeness (QED) is 0.461. The van der Waals surface area contributed by atoms with Gasteiger partial charge in [-0.1, -0.05) is 25.1 Å². The molecule has 1 saturated heterocycles. The molecule has 0 radical (unpaired) electrons. The summed E-state index contributed by atoms with van der Waals surface area (Å²) in [5.74, 6) is 0.433. The number of nitrogens with zero attached hydrogens (tertiary/aromatic N) is 1. The maximum absolute atomic E-state index is 12.1. The second-order valence-electron chi connectivity index (χ2n) is 8.30. The average Bonchev–Trinajstić information content (AvgIpc) is 2.75. The van der Waals surface area contributed by atoms with Crippen molar-refractivity contribution in [2.75, 3.05) is 29.9 Å². The summed E-state index contributed by atoms with van der Waals surface area (Å²) in [5, 5.41) is 7.08. The average molecular weight is 440 g/mol. The van der Waals surface area contributed by atoms with Gasteiger partial charge in [-0.2, -0.15) is 0 Å². The molecule has 31 heavy (non-hydrogen) atoms. The van der Waals surface area contributed by atoms with Gasteiger partial charge in [0.2, 0.25) is 0 Å². The van der Waals surface area contributed by atoms with Crippen LogP contribution in [0, 0.1) is 12.8 Å². The molecule has 1 aliphatic heterocycles. The summed E-state index contributed by atoms with van der Waals surface area (Å²) in [5.41, 5.74) is 4.62. The molecule has 5 nitrogen and oxygen atoms in total. The van der Waals surface area contributed by atoms with Crippen LogP contribution >= 0.6 is 12.2 Å². The number of carbonyl (C=O) groups is 1. The largest absolute Gasteiger partial charge is 0.462 e. The highest BCUT2D eigenvalue weighted by Crippen LogP contribution is 2.25. The number of benzene rings is 2. The van der Waals surface area contributed by atoms with E-state index in [0.717, 1.165) is 30.3 Å². The van der Waals surface area contributed by atoms with Crippen molar-refractivity contribution in [3.63, 3.8) is 0 Å². The van der Waals surface area contributed by atoms with E-state index in [2.05, 4.69) is 53.6 Å². The fourth-order valence-corrected chi connectivity index (χ4v) is 4.32. The van der Waals surface area contributed by atoms with Gasteiger partial charge in [-0.05, 0) is 87.1 Å². The first-order chi connectivity index (χ1) is 14.9. The van der Waals surface area contributed by atoms with E-state index < -0.39 is 0 Å². The smallest absolute Gasteiger partial charge is 0.338 e. The molecular formula is C25H33N3O2S. The Morgan fingerprint density at radius 1 is 1.26 bits per heavy atom. The third-order valence-corrected chi connectivity index (χ3v) is 6.06. The molecule has 1 fully saturated rings. The topological polar surface area (TPSA) is 53.6 Å². The highest BCUT2D eigenvalue weighted by atomic mass is 32.1. The standard InChI is InChI=1S/C25H33N3O2S/c1-5-30-24(29)22-9-6-10-23(18(22)3)27-25(31)26-19(4)20-11-13-21(14-12-20)28-15-7-8-17(2)16-28/h6,9-14,17,19H,5,7-8,15-16H2,1-4H3,(H2,26,27,31)/t17-,19+/m0/s1. The van der Waals surface area contributed by atoms with Crippen molar-refractivity contribution in [2.24, 2.45) is 5.92 Å². The van der Waals surface area contributed by atoms with Gasteiger partial charge in [0.25, 0.3) is 0 Å². The molecule has 2 atom stereocenters. The molecule has 166 valence electrons. The summed E-state index contributed by atoms with van der Waals surface area (Å²) in [6.07, 6.45) is 2.58. The molecule has 0 unspecified atom stereocenters.